The van der Waals surface area contributed by atoms with Crippen LogP contribution in [0, 0.1) is 5.82 Å². The van der Waals surface area contributed by atoms with E-state index in [4.69, 9.17) is 10.5 Å². The Balaban J connectivity index is 1.70. The van der Waals surface area contributed by atoms with Gasteiger partial charge in [0.1, 0.15) is 17.3 Å². The molecule has 0 spiro atoms. The van der Waals surface area contributed by atoms with Gasteiger partial charge < -0.3 is 20.8 Å². The minimum Gasteiger partial charge on any atom is -0.484 e. The highest BCUT2D eigenvalue weighted by molar-refractivity contribution is 6.05. The zero-order chi connectivity index (χ0) is 17.1. The highest BCUT2D eigenvalue weighted by atomic mass is 19.1. The first kappa shape index (κ1) is 15.5. The van der Waals surface area contributed by atoms with Crippen molar-refractivity contribution in [1.82, 2.24) is 4.98 Å². The third kappa shape index (κ3) is 3.52. The van der Waals surface area contributed by atoms with Crippen molar-refractivity contribution >= 4 is 28.4 Å². The first-order chi connectivity index (χ1) is 11.5. The van der Waals surface area contributed by atoms with Crippen LogP contribution < -0.4 is 15.8 Å². The van der Waals surface area contributed by atoms with Crippen molar-refractivity contribution in [2.24, 2.45) is 5.73 Å². The Kier molecular flexibility index (Phi) is 4.15. The van der Waals surface area contributed by atoms with Gasteiger partial charge in [0.05, 0.1) is 0 Å². The van der Waals surface area contributed by atoms with Gasteiger partial charge in [-0.1, -0.05) is 0 Å². The average molecular weight is 327 g/mol. The Labute approximate surface area is 136 Å². The molecule has 24 heavy (non-hydrogen) atoms. The molecule has 2 aromatic carbocycles. The van der Waals surface area contributed by atoms with Crippen molar-refractivity contribution in [3.05, 3.63) is 60.0 Å². The number of aromatic amines is 1. The molecule has 4 N–H and O–H groups in total. The van der Waals surface area contributed by atoms with E-state index in [0.29, 0.717) is 28.0 Å². The van der Waals surface area contributed by atoms with E-state index in [1.54, 1.807) is 36.4 Å². The standard InChI is InChI=1S/C17H14FN3O3/c18-11-1-6-14-10(7-11)8-15(21-14)17(23)20-12-2-4-13(5-3-12)24-9-16(19)22/h1-8,21H,9H2,(H2,19,22)(H,20,23). The van der Waals surface area contributed by atoms with Crippen molar-refractivity contribution in [3.8, 4) is 5.75 Å². The number of carbonyl (C=O) groups excluding carboxylic acids is 2. The van der Waals surface area contributed by atoms with Crippen LogP contribution in [0.5, 0.6) is 5.75 Å². The van der Waals surface area contributed by atoms with Gasteiger partial charge >= 0.3 is 0 Å². The molecule has 0 aliphatic carbocycles. The molecule has 0 unspecified atom stereocenters. The summed E-state index contributed by atoms with van der Waals surface area (Å²) >= 11 is 0. The van der Waals surface area contributed by atoms with Gasteiger partial charge in [0.25, 0.3) is 11.8 Å². The summed E-state index contributed by atoms with van der Waals surface area (Å²) in [5.74, 6) is -0.812. The lowest BCUT2D eigenvalue weighted by Crippen LogP contribution is -2.20. The summed E-state index contributed by atoms with van der Waals surface area (Å²) in [4.78, 5) is 25.8. The molecule has 0 radical (unpaired) electrons. The van der Waals surface area contributed by atoms with Crippen LogP contribution in [-0.4, -0.2) is 23.4 Å². The second-order valence-corrected chi connectivity index (χ2v) is 5.15. The van der Waals surface area contributed by atoms with Gasteiger partial charge in [-0.2, -0.15) is 0 Å². The number of anilines is 1. The molecule has 0 saturated heterocycles. The number of amides is 2. The van der Waals surface area contributed by atoms with E-state index in [1.165, 1.54) is 12.1 Å². The fraction of sp³-hybridized carbons (Fsp3) is 0.0588. The van der Waals surface area contributed by atoms with Crippen LogP contribution in [0.3, 0.4) is 0 Å². The number of benzene rings is 2. The molecular formula is C17H14FN3O3. The van der Waals surface area contributed by atoms with Crippen molar-refractivity contribution in [3.63, 3.8) is 0 Å². The fourth-order valence-corrected chi connectivity index (χ4v) is 2.21. The Bertz CT molecular complexity index is 903. The number of primary amides is 1. The van der Waals surface area contributed by atoms with E-state index in [2.05, 4.69) is 10.3 Å². The summed E-state index contributed by atoms with van der Waals surface area (Å²) in [6.07, 6.45) is 0. The number of carbonyl (C=O) groups is 2. The number of rotatable bonds is 5. The second kappa shape index (κ2) is 6.41. The number of nitrogens with two attached hydrogens (primary N) is 1. The normalized spacial score (nSPS) is 10.5. The van der Waals surface area contributed by atoms with Crippen LogP contribution >= 0.6 is 0 Å². The number of aromatic nitrogens is 1. The predicted molar refractivity (Wildman–Crippen MR) is 87.3 cm³/mol. The lowest BCUT2D eigenvalue weighted by atomic mass is 10.2. The molecule has 0 atom stereocenters. The number of fused-ring (bicyclic) bond motifs is 1. The Morgan fingerprint density at radius 3 is 2.58 bits per heavy atom. The van der Waals surface area contributed by atoms with Crippen LogP contribution in [0.15, 0.2) is 48.5 Å². The molecule has 7 heteroatoms. The average Bonchev–Trinajstić information content (AvgIpc) is 2.97. The number of ether oxygens (including phenoxy) is 1. The zero-order valence-corrected chi connectivity index (χ0v) is 12.5. The second-order valence-electron chi connectivity index (χ2n) is 5.15. The van der Waals surface area contributed by atoms with Crippen LogP contribution in [0.1, 0.15) is 10.5 Å². The van der Waals surface area contributed by atoms with E-state index in [1.807, 2.05) is 0 Å². The van der Waals surface area contributed by atoms with Crippen molar-refractivity contribution < 1.29 is 18.7 Å². The first-order valence-corrected chi connectivity index (χ1v) is 7.12. The van der Waals surface area contributed by atoms with Gasteiger partial charge in [0.2, 0.25) is 0 Å². The highest BCUT2D eigenvalue weighted by Crippen LogP contribution is 2.19. The van der Waals surface area contributed by atoms with Gasteiger partial charge in [0.15, 0.2) is 6.61 Å². The minimum absolute atomic E-state index is 0.211. The Hall–Kier alpha value is -3.35. The topological polar surface area (TPSA) is 97.2 Å². The Morgan fingerprint density at radius 2 is 1.88 bits per heavy atom. The molecule has 0 bridgehead atoms. The maximum atomic E-state index is 13.2. The van der Waals surface area contributed by atoms with E-state index < -0.39 is 5.91 Å². The number of hydrogen-bond donors (Lipinski definition) is 3. The molecule has 3 rings (SSSR count). The summed E-state index contributed by atoms with van der Waals surface area (Å²) in [5, 5.41) is 3.34. The van der Waals surface area contributed by atoms with E-state index in [-0.39, 0.29) is 18.3 Å². The lowest BCUT2D eigenvalue weighted by molar-refractivity contribution is -0.119. The van der Waals surface area contributed by atoms with Gasteiger partial charge in [-0.05, 0) is 48.5 Å². The fourth-order valence-electron chi connectivity index (χ4n) is 2.21. The van der Waals surface area contributed by atoms with Crippen molar-refractivity contribution in [2.75, 3.05) is 11.9 Å². The molecule has 6 nitrogen and oxygen atoms in total. The van der Waals surface area contributed by atoms with E-state index >= 15 is 0 Å². The maximum Gasteiger partial charge on any atom is 0.272 e. The van der Waals surface area contributed by atoms with Crippen LogP contribution in [-0.2, 0) is 4.79 Å². The monoisotopic (exact) mass is 327 g/mol. The summed E-state index contributed by atoms with van der Waals surface area (Å²) in [7, 11) is 0. The molecule has 0 aliphatic rings. The molecule has 0 saturated carbocycles. The van der Waals surface area contributed by atoms with Gasteiger partial charge in [0, 0.05) is 16.6 Å². The molecule has 0 fully saturated rings. The molecule has 122 valence electrons. The van der Waals surface area contributed by atoms with E-state index in [0.717, 1.165) is 0 Å². The summed E-state index contributed by atoms with van der Waals surface area (Å²) in [6.45, 7) is -0.211. The molecule has 3 aromatic rings. The summed E-state index contributed by atoms with van der Waals surface area (Å²) in [5.41, 5.74) is 6.55. The lowest BCUT2D eigenvalue weighted by Gasteiger charge is -2.06. The van der Waals surface area contributed by atoms with Crippen LogP contribution in [0.2, 0.25) is 0 Å². The van der Waals surface area contributed by atoms with Gasteiger partial charge in [-0.25, -0.2) is 4.39 Å². The third-order valence-corrected chi connectivity index (χ3v) is 3.32. The molecule has 1 aromatic heterocycles. The van der Waals surface area contributed by atoms with Crippen LogP contribution in [0.25, 0.3) is 10.9 Å². The quantitative estimate of drug-likeness (QED) is 0.671. The van der Waals surface area contributed by atoms with Crippen molar-refractivity contribution in [1.29, 1.82) is 0 Å². The predicted octanol–water partition coefficient (Wildman–Crippen LogP) is 2.42. The molecule has 1 heterocycles. The van der Waals surface area contributed by atoms with Crippen LogP contribution in [0.4, 0.5) is 10.1 Å². The minimum atomic E-state index is -0.567. The zero-order valence-electron chi connectivity index (χ0n) is 12.5. The van der Waals surface area contributed by atoms with Crippen molar-refractivity contribution in [2.45, 2.75) is 0 Å². The highest BCUT2D eigenvalue weighted by Gasteiger charge is 2.10. The van der Waals surface area contributed by atoms with Gasteiger partial charge in [-0.3, -0.25) is 9.59 Å². The number of H-pyrrole nitrogens is 1. The number of hydrogen-bond acceptors (Lipinski definition) is 3. The number of nitrogens with one attached hydrogen (secondary N) is 2. The third-order valence-electron chi connectivity index (χ3n) is 3.32. The summed E-state index contributed by atoms with van der Waals surface area (Å²) in [6, 6.07) is 12.3. The summed E-state index contributed by atoms with van der Waals surface area (Å²) < 4.78 is 18.3. The SMILES string of the molecule is NC(=O)COc1ccc(NC(=O)c2cc3cc(F)ccc3[nH]2)cc1. The Morgan fingerprint density at radius 1 is 1.12 bits per heavy atom. The largest absolute Gasteiger partial charge is 0.484 e. The first-order valence-electron chi connectivity index (χ1n) is 7.12. The number of halogens is 1. The molecule has 0 aliphatic heterocycles. The smallest absolute Gasteiger partial charge is 0.272 e. The van der Waals surface area contributed by atoms with Gasteiger partial charge in [-0.15, -0.1) is 0 Å². The van der Waals surface area contributed by atoms with E-state index in [9.17, 15) is 14.0 Å². The molecular weight excluding hydrogens is 313 g/mol. The molecule has 2 amide bonds. The maximum absolute atomic E-state index is 13.2.